The number of benzene rings is 1. The van der Waals surface area contributed by atoms with Crippen molar-refractivity contribution >= 4 is 16.1 Å². The molecule has 1 aromatic carbocycles. The monoisotopic (exact) mass is 330 g/mol. The summed E-state index contributed by atoms with van der Waals surface area (Å²) in [6, 6.07) is 7.20. The zero-order chi connectivity index (χ0) is 16.6. The fourth-order valence-corrected chi connectivity index (χ4v) is 2.65. The Hall–Kier alpha value is -1.80. The van der Waals surface area contributed by atoms with E-state index in [1.807, 2.05) is 12.1 Å². The Kier molecular flexibility index (Phi) is 7.13. The Labute approximate surface area is 131 Å². The maximum atomic E-state index is 11.9. The highest BCUT2D eigenvalue weighted by Gasteiger charge is 2.18. The van der Waals surface area contributed by atoms with Crippen molar-refractivity contribution < 1.29 is 22.7 Å². The minimum Gasteiger partial charge on any atom is -0.496 e. The number of nitrogens with zero attached hydrogens (tertiary/aromatic N) is 1. The standard InChI is InChI=1S/C14H22N2O5S/c1-4-21-14(17)15-9-10-16(22(3,18)19)11-12-7-5-6-8-13(12)20-2/h5-8H,4,9-11H2,1-3H3,(H,15,17). The van der Waals surface area contributed by atoms with Crippen molar-refractivity contribution in [2.24, 2.45) is 0 Å². The number of alkyl carbamates (subject to hydrolysis) is 1. The predicted molar refractivity (Wildman–Crippen MR) is 83.3 cm³/mol. The number of nitrogens with one attached hydrogen (secondary N) is 1. The van der Waals surface area contributed by atoms with Crippen molar-refractivity contribution in [1.29, 1.82) is 0 Å². The SMILES string of the molecule is CCOC(=O)NCCN(Cc1ccccc1OC)S(C)(=O)=O. The van der Waals surface area contributed by atoms with Gasteiger partial charge in [-0.25, -0.2) is 13.2 Å². The van der Waals surface area contributed by atoms with Crippen molar-refractivity contribution in [1.82, 2.24) is 9.62 Å². The number of carbonyl (C=O) groups is 1. The van der Waals surface area contributed by atoms with Gasteiger partial charge in [-0.15, -0.1) is 0 Å². The molecule has 1 amide bonds. The number of ether oxygens (including phenoxy) is 2. The van der Waals surface area contributed by atoms with Gasteiger partial charge in [-0.1, -0.05) is 18.2 Å². The molecule has 1 N–H and O–H groups in total. The van der Waals surface area contributed by atoms with E-state index in [4.69, 9.17) is 9.47 Å². The van der Waals surface area contributed by atoms with Gasteiger partial charge < -0.3 is 14.8 Å². The molecule has 0 saturated heterocycles. The summed E-state index contributed by atoms with van der Waals surface area (Å²) in [5, 5.41) is 2.50. The van der Waals surface area contributed by atoms with Crippen LogP contribution in [-0.4, -0.2) is 51.9 Å². The molecule has 0 aliphatic carbocycles. The van der Waals surface area contributed by atoms with Gasteiger partial charge in [0.1, 0.15) is 5.75 Å². The number of sulfonamides is 1. The molecule has 0 spiro atoms. The van der Waals surface area contributed by atoms with Crippen molar-refractivity contribution in [2.75, 3.05) is 33.1 Å². The van der Waals surface area contributed by atoms with E-state index in [1.54, 1.807) is 19.1 Å². The molecule has 1 rings (SSSR count). The van der Waals surface area contributed by atoms with Gasteiger partial charge in [0, 0.05) is 25.2 Å². The van der Waals surface area contributed by atoms with Gasteiger partial charge in [-0.05, 0) is 13.0 Å². The summed E-state index contributed by atoms with van der Waals surface area (Å²) in [7, 11) is -1.88. The smallest absolute Gasteiger partial charge is 0.407 e. The first-order valence-electron chi connectivity index (χ1n) is 6.86. The lowest BCUT2D eigenvalue weighted by molar-refractivity contribution is 0.151. The van der Waals surface area contributed by atoms with Crippen molar-refractivity contribution in [3.05, 3.63) is 29.8 Å². The van der Waals surface area contributed by atoms with Crippen LogP contribution in [0.5, 0.6) is 5.75 Å². The molecule has 0 unspecified atom stereocenters. The maximum Gasteiger partial charge on any atom is 0.407 e. The predicted octanol–water partition coefficient (Wildman–Crippen LogP) is 1.20. The Balaban J connectivity index is 2.72. The van der Waals surface area contributed by atoms with Crippen LogP contribution in [0.25, 0.3) is 0 Å². The van der Waals surface area contributed by atoms with Crippen LogP contribution >= 0.6 is 0 Å². The first-order chi connectivity index (χ1) is 10.4. The summed E-state index contributed by atoms with van der Waals surface area (Å²) < 4.78 is 35.0. The molecular weight excluding hydrogens is 308 g/mol. The molecule has 124 valence electrons. The molecule has 0 radical (unpaired) electrons. The lowest BCUT2D eigenvalue weighted by atomic mass is 10.2. The van der Waals surface area contributed by atoms with Crippen LogP contribution in [0.15, 0.2) is 24.3 Å². The lowest BCUT2D eigenvalue weighted by Crippen LogP contribution is -2.37. The first kappa shape index (κ1) is 18.2. The van der Waals surface area contributed by atoms with Gasteiger partial charge >= 0.3 is 6.09 Å². The van der Waals surface area contributed by atoms with E-state index in [0.717, 1.165) is 11.8 Å². The van der Waals surface area contributed by atoms with Crippen LogP contribution in [-0.2, 0) is 21.3 Å². The summed E-state index contributed by atoms with van der Waals surface area (Å²) in [6.07, 6.45) is 0.570. The second kappa shape index (κ2) is 8.60. The largest absolute Gasteiger partial charge is 0.496 e. The number of hydrogen-bond donors (Lipinski definition) is 1. The minimum absolute atomic E-state index is 0.149. The fraction of sp³-hybridized carbons (Fsp3) is 0.500. The summed E-state index contributed by atoms with van der Waals surface area (Å²) in [5.41, 5.74) is 0.756. The first-order valence-corrected chi connectivity index (χ1v) is 8.71. The summed E-state index contributed by atoms with van der Waals surface area (Å²) in [4.78, 5) is 11.2. The molecule has 0 atom stereocenters. The van der Waals surface area contributed by atoms with E-state index in [1.165, 1.54) is 11.4 Å². The van der Waals surface area contributed by atoms with Crippen LogP contribution in [0.1, 0.15) is 12.5 Å². The third-order valence-electron chi connectivity index (χ3n) is 2.91. The van der Waals surface area contributed by atoms with E-state index in [-0.39, 0.29) is 26.2 Å². The van der Waals surface area contributed by atoms with Gasteiger partial charge in [-0.2, -0.15) is 4.31 Å². The zero-order valence-electron chi connectivity index (χ0n) is 13.0. The van der Waals surface area contributed by atoms with Crippen LogP contribution in [0.4, 0.5) is 4.79 Å². The molecule has 22 heavy (non-hydrogen) atoms. The van der Waals surface area contributed by atoms with Crippen LogP contribution < -0.4 is 10.1 Å². The molecule has 0 aliphatic heterocycles. The van der Waals surface area contributed by atoms with Crippen molar-refractivity contribution in [3.8, 4) is 5.75 Å². The van der Waals surface area contributed by atoms with Crippen LogP contribution in [0.3, 0.4) is 0 Å². The molecule has 0 aliphatic rings. The third-order valence-corrected chi connectivity index (χ3v) is 4.16. The zero-order valence-corrected chi connectivity index (χ0v) is 13.9. The molecule has 0 fully saturated rings. The van der Waals surface area contributed by atoms with Crippen molar-refractivity contribution in [2.45, 2.75) is 13.5 Å². The highest BCUT2D eigenvalue weighted by molar-refractivity contribution is 7.88. The highest BCUT2D eigenvalue weighted by Crippen LogP contribution is 2.20. The number of carbonyl (C=O) groups excluding carboxylic acids is 1. The molecule has 0 saturated carbocycles. The topological polar surface area (TPSA) is 84.9 Å². The molecule has 7 nitrogen and oxygen atoms in total. The maximum absolute atomic E-state index is 11.9. The minimum atomic E-state index is -3.41. The average Bonchev–Trinajstić information content (AvgIpc) is 2.46. The Morgan fingerprint density at radius 2 is 2.00 bits per heavy atom. The van der Waals surface area contributed by atoms with Crippen LogP contribution in [0.2, 0.25) is 0 Å². The van der Waals surface area contributed by atoms with Gasteiger partial charge in [0.2, 0.25) is 10.0 Å². The number of amides is 1. The third kappa shape index (κ3) is 5.90. The van der Waals surface area contributed by atoms with Gasteiger partial charge in [-0.3, -0.25) is 0 Å². The van der Waals surface area contributed by atoms with Crippen LogP contribution in [0, 0.1) is 0 Å². The number of rotatable bonds is 8. The molecule has 8 heteroatoms. The summed E-state index contributed by atoms with van der Waals surface area (Å²) in [6.45, 7) is 2.46. The van der Waals surface area contributed by atoms with E-state index >= 15 is 0 Å². The highest BCUT2D eigenvalue weighted by atomic mass is 32.2. The van der Waals surface area contributed by atoms with E-state index in [0.29, 0.717) is 5.75 Å². The van der Waals surface area contributed by atoms with E-state index in [9.17, 15) is 13.2 Å². The normalized spacial score (nSPS) is 11.3. The molecule has 1 aromatic rings. The Morgan fingerprint density at radius 1 is 1.32 bits per heavy atom. The number of hydrogen-bond acceptors (Lipinski definition) is 5. The van der Waals surface area contributed by atoms with Gasteiger partial charge in [0.05, 0.1) is 20.0 Å². The Bertz CT molecular complexity index is 589. The fourth-order valence-electron chi connectivity index (χ4n) is 1.85. The van der Waals surface area contributed by atoms with Gasteiger partial charge in [0.25, 0.3) is 0 Å². The van der Waals surface area contributed by atoms with Crippen molar-refractivity contribution in [3.63, 3.8) is 0 Å². The van der Waals surface area contributed by atoms with E-state index < -0.39 is 16.1 Å². The molecular formula is C14H22N2O5S. The quantitative estimate of drug-likeness (QED) is 0.774. The van der Waals surface area contributed by atoms with E-state index in [2.05, 4.69) is 5.32 Å². The number of para-hydroxylation sites is 1. The Morgan fingerprint density at radius 3 is 2.59 bits per heavy atom. The second-order valence-electron chi connectivity index (χ2n) is 4.56. The summed E-state index contributed by atoms with van der Waals surface area (Å²) in [5.74, 6) is 0.620. The molecule has 0 heterocycles. The number of methoxy groups -OCH3 is 1. The lowest BCUT2D eigenvalue weighted by Gasteiger charge is -2.21. The average molecular weight is 330 g/mol. The molecule has 0 bridgehead atoms. The summed E-state index contributed by atoms with van der Waals surface area (Å²) >= 11 is 0. The van der Waals surface area contributed by atoms with Gasteiger partial charge in [0.15, 0.2) is 0 Å². The second-order valence-corrected chi connectivity index (χ2v) is 6.54. The molecule has 0 aromatic heterocycles.